The van der Waals surface area contributed by atoms with Crippen molar-refractivity contribution in [3.05, 3.63) is 35.5 Å². The number of nitrogens with one attached hydrogen (secondary N) is 1. The first-order chi connectivity index (χ1) is 15.4. The summed E-state index contributed by atoms with van der Waals surface area (Å²) >= 11 is 6.09. The quantitative estimate of drug-likeness (QED) is 0.680. The Bertz CT molecular complexity index is 1040. The molecule has 0 bridgehead atoms. The third-order valence-electron chi connectivity index (χ3n) is 6.23. The molecule has 10 heteroatoms. The zero-order valence-electron chi connectivity index (χ0n) is 17.9. The van der Waals surface area contributed by atoms with E-state index in [1.807, 2.05) is 24.3 Å². The zero-order valence-corrected chi connectivity index (χ0v) is 18.7. The number of rotatable bonds is 4. The van der Waals surface area contributed by atoms with Crippen LogP contribution in [0, 0.1) is 0 Å². The van der Waals surface area contributed by atoms with Gasteiger partial charge in [0.15, 0.2) is 6.54 Å². The first-order valence-corrected chi connectivity index (χ1v) is 11.3. The van der Waals surface area contributed by atoms with Gasteiger partial charge in [0.05, 0.1) is 11.9 Å². The van der Waals surface area contributed by atoms with Gasteiger partial charge in [-0.05, 0) is 43.5 Å². The second-order valence-electron chi connectivity index (χ2n) is 8.40. The summed E-state index contributed by atoms with van der Waals surface area (Å²) in [6, 6.07) is 7.27. The summed E-state index contributed by atoms with van der Waals surface area (Å²) in [5.41, 5.74) is 10.1. The predicted octanol–water partition coefficient (Wildman–Crippen LogP) is 2.04. The number of urea groups is 1. The summed E-state index contributed by atoms with van der Waals surface area (Å²) in [7, 11) is 0. The minimum absolute atomic E-state index is 0.157. The van der Waals surface area contributed by atoms with Crippen LogP contribution >= 0.6 is 11.6 Å². The van der Waals surface area contributed by atoms with Gasteiger partial charge in [0.25, 0.3) is 5.91 Å². The number of carbonyl (C=O) groups is 3. The van der Waals surface area contributed by atoms with Crippen LogP contribution in [0.25, 0.3) is 10.9 Å². The Balaban J connectivity index is 1.45. The van der Waals surface area contributed by atoms with Crippen molar-refractivity contribution in [2.24, 2.45) is 5.73 Å². The van der Waals surface area contributed by atoms with Gasteiger partial charge in [-0.3, -0.25) is 9.78 Å². The molecular formula is C22H28ClN6O3+. The molecule has 0 saturated carbocycles. The lowest BCUT2D eigenvalue weighted by Crippen LogP contribution is -2.68. The van der Waals surface area contributed by atoms with E-state index in [9.17, 15) is 14.4 Å². The van der Waals surface area contributed by atoms with E-state index in [1.165, 1.54) is 0 Å². The van der Waals surface area contributed by atoms with Gasteiger partial charge < -0.3 is 15.5 Å². The van der Waals surface area contributed by atoms with E-state index >= 15 is 0 Å². The Morgan fingerprint density at radius 1 is 1.12 bits per heavy atom. The van der Waals surface area contributed by atoms with E-state index in [0.717, 1.165) is 35.9 Å². The molecule has 4 rings (SSSR count). The molecule has 4 amide bonds. The van der Waals surface area contributed by atoms with Crippen LogP contribution in [0.3, 0.4) is 0 Å². The van der Waals surface area contributed by atoms with Crippen LogP contribution in [-0.4, -0.2) is 71.6 Å². The SMILES string of the molecule is NC(=O)C[N+]1(NC(=O)N2CCN(c3ccnc4cc(Cl)ccc34)CC2)CCCCCC1=O. The summed E-state index contributed by atoms with van der Waals surface area (Å²) in [5, 5.41) is 1.65. The Morgan fingerprint density at radius 3 is 2.66 bits per heavy atom. The monoisotopic (exact) mass is 459 g/mol. The topological polar surface area (TPSA) is 109 Å². The number of halogens is 1. The van der Waals surface area contributed by atoms with Crippen LogP contribution in [0.15, 0.2) is 30.5 Å². The molecule has 1 aromatic carbocycles. The van der Waals surface area contributed by atoms with Crippen molar-refractivity contribution in [2.45, 2.75) is 25.7 Å². The van der Waals surface area contributed by atoms with Crippen LogP contribution in [0.4, 0.5) is 10.5 Å². The first kappa shape index (κ1) is 22.3. The van der Waals surface area contributed by atoms with Crippen LogP contribution < -0.4 is 16.1 Å². The number of nitrogens with two attached hydrogens (primary N) is 1. The highest BCUT2D eigenvalue weighted by molar-refractivity contribution is 6.31. The van der Waals surface area contributed by atoms with Gasteiger partial charge in [-0.15, -0.1) is 4.59 Å². The molecule has 2 saturated heterocycles. The van der Waals surface area contributed by atoms with Crippen molar-refractivity contribution in [3.63, 3.8) is 0 Å². The Kier molecular flexibility index (Phi) is 6.48. The largest absolute Gasteiger partial charge is 0.367 e. The smallest absolute Gasteiger partial charge is 0.362 e. The molecule has 2 aliphatic heterocycles. The summed E-state index contributed by atoms with van der Waals surface area (Å²) in [5.74, 6) is -0.759. The molecule has 3 N–H and O–H groups in total. The number of aromatic nitrogens is 1. The van der Waals surface area contributed by atoms with Crippen molar-refractivity contribution < 1.29 is 19.0 Å². The number of quaternary nitrogens is 1. The number of likely N-dealkylation sites (tertiary alicyclic amines) is 1. The van der Waals surface area contributed by atoms with E-state index in [2.05, 4.69) is 15.3 Å². The number of primary amides is 1. The molecule has 170 valence electrons. The molecule has 2 aliphatic rings. The normalized spacial score (nSPS) is 22.0. The van der Waals surface area contributed by atoms with Crippen LogP contribution in [0.2, 0.25) is 5.02 Å². The highest BCUT2D eigenvalue weighted by Crippen LogP contribution is 2.28. The van der Waals surface area contributed by atoms with Crippen molar-refractivity contribution in [2.75, 3.05) is 44.2 Å². The van der Waals surface area contributed by atoms with Crippen molar-refractivity contribution in [1.82, 2.24) is 15.3 Å². The molecule has 2 fully saturated rings. The van der Waals surface area contributed by atoms with Gasteiger partial charge in [0.2, 0.25) is 0 Å². The lowest BCUT2D eigenvalue weighted by Gasteiger charge is -2.39. The highest BCUT2D eigenvalue weighted by Gasteiger charge is 2.42. The van der Waals surface area contributed by atoms with E-state index in [-0.39, 0.29) is 23.1 Å². The van der Waals surface area contributed by atoms with Crippen molar-refractivity contribution >= 4 is 46.0 Å². The first-order valence-electron chi connectivity index (χ1n) is 10.9. The van der Waals surface area contributed by atoms with E-state index in [1.54, 1.807) is 11.1 Å². The summed E-state index contributed by atoms with van der Waals surface area (Å²) in [6.07, 6.45) is 4.50. The third kappa shape index (κ3) is 4.63. The van der Waals surface area contributed by atoms with Gasteiger partial charge in [-0.1, -0.05) is 11.6 Å². The molecule has 3 heterocycles. The summed E-state index contributed by atoms with van der Waals surface area (Å²) < 4.78 is -0.385. The molecule has 0 spiro atoms. The van der Waals surface area contributed by atoms with Crippen molar-refractivity contribution in [1.29, 1.82) is 0 Å². The number of hydrogen-bond acceptors (Lipinski definition) is 5. The fourth-order valence-corrected chi connectivity index (χ4v) is 4.72. The number of fused-ring (bicyclic) bond motifs is 1. The van der Waals surface area contributed by atoms with Gasteiger partial charge in [-0.2, -0.15) is 5.43 Å². The average molecular weight is 460 g/mol. The lowest BCUT2D eigenvalue weighted by atomic mass is 10.1. The van der Waals surface area contributed by atoms with E-state index in [4.69, 9.17) is 17.3 Å². The predicted molar refractivity (Wildman–Crippen MR) is 122 cm³/mol. The van der Waals surface area contributed by atoms with E-state index in [0.29, 0.717) is 44.2 Å². The Hall–Kier alpha value is -2.91. The summed E-state index contributed by atoms with van der Waals surface area (Å²) in [6.45, 7) is 2.44. The fourth-order valence-electron chi connectivity index (χ4n) is 4.55. The second kappa shape index (κ2) is 9.30. The molecule has 9 nitrogen and oxygen atoms in total. The molecule has 0 aliphatic carbocycles. The van der Waals surface area contributed by atoms with Gasteiger partial charge in [0.1, 0.15) is 6.54 Å². The van der Waals surface area contributed by atoms with Crippen LogP contribution in [0.1, 0.15) is 25.7 Å². The van der Waals surface area contributed by atoms with Gasteiger partial charge in [-0.25, -0.2) is 9.59 Å². The van der Waals surface area contributed by atoms with Crippen LogP contribution in [0.5, 0.6) is 0 Å². The summed E-state index contributed by atoms with van der Waals surface area (Å²) in [4.78, 5) is 45.8. The number of anilines is 1. The Morgan fingerprint density at radius 2 is 1.91 bits per heavy atom. The van der Waals surface area contributed by atoms with Gasteiger partial charge in [0, 0.05) is 48.5 Å². The molecule has 1 atom stereocenters. The molecule has 0 radical (unpaired) electrons. The number of benzene rings is 1. The van der Waals surface area contributed by atoms with Gasteiger partial charge >= 0.3 is 11.9 Å². The molecule has 2 aromatic rings. The van der Waals surface area contributed by atoms with E-state index < -0.39 is 5.91 Å². The maximum atomic E-state index is 13.1. The lowest BCUT2D eigenvalue weighted by molar-refractivity contribution is -0.881. The average Bonchev–Trinajstić information content (AvgIpc) is 2.94. The molecule has 32 heavy (non-hydrogen) atoms. The number of pyridine rings is 1. The number of carbonyl (C=O) groups excluding carboxylic acids is 3. The zero-order chi connectivity index (χ0) is 22.7. The maximum absolute atomic E-state index is 13.1. The fraction of sp³-hybridized carbons (Fsp3) is 0.455. The number of hydrogen-bond donors (Lipinski definition) is 2. The van der Waals surface area contributed by atoms with Crippen LogP contribution in [-0.2, 0) is 9.59 Å². The molecular weight excluding hydrogens is 432 g/mol. The molecule has 1 aromatic heterocycles. The second-order valence-corrected chi connectivity index (χ2v) is 8.84. The Labute approximate surface area is 191 Å². The minimum Gasteiger partial charge on any atom is -0.367 e. The minimum atomic E-state index is -0.602. The highest BCUT2D eigenvalue weighted by atomic mass is 35.5. The standard InChI is InChI=1S/C22H27ClN6O3/c23-16-5-6-17-18(14-16)25-8-7-19(17)27-9-11-28(12-10-27)22(32)26-29(15-20(24)30)13-3-1-2-4-21(29)31/h5-8,14H,1-4,9-13,15H2,(H2-,24,26,30,32)/p+1. The maximum Gasteiger partial charge on any atom is 0.362 e. The number of piperazine rings is 1. The third-order valence-corrected chi connectivity index (χ3v) is 6.47. The number of amides is 4. The number of nitrogens with zero attached hydrogens (tertiary/aromatic N) is 4. The molecule has 1 unspecified atom stereocenters. The van der Waals surface area contributed by atoms with Crippen molar-refractivity contribution in [3.8, 4) is 0 Å².